The van der Waals surface area contributed by atoms with E-state index in [1.807, 2.05) is 48.8 Å². The Bertz CT molecular complexity index is 2070. The van der Waals surface area contributed by atoms with Crippen molar-refractivity contribution in [2.75, 3.05) is 0 Å². The van der Waals surface area contributed by atoms with Gasteiger partial charge in [-0.05, 0) is 40.8 Å². The van der Waals surface area contributed by atoms with Crippen molar-refractivity contribution in [2.45, 2.75) is 44.5 Å². The summed E-state index contributed by atoms with van der Waals surface area (Å²) in [7, 11) is 0. The summed E-state index contributed by atoms with van der Waals surface area (Å²) in [6.45, 7) is 6.76. The number of pyridine rings is 2. The minimum Gasteiger partial charge on any atom is 0 e. The second-order valence-electron chi connectivity index (χ2n) is 14.0. The van der Waals surface area contributed by atoms with Crippen LogP contribution in [-0.4, -0.2) is 23.2 Å². The largest absolute Gasteiger partial charge is 0 e. The molecule has 0 bridgehead atoms. The fourth-order valence-corrected chi connectivity index (χ4v) is 7.80. The average molecular weight is 854 g/mol. The predicted octanol–water partition coefficient (Wildman–Crippen LogP) is 10.8. The van der Waals surface area contributed by atoms with Gasteiger partial charge in [0.15, 0.2) is 0 Å². The molecule has 3 nitrogen and oxygen atoms in total. The van der Waals surface area contributed by atoms with E-state index >= 15 is 0 Å². The SMILES string of the molecule is CC(C)(C)Cc1ccnc(-c2[c-]ccc3c2oc2cc(-c4ccccc4)ccc23)c1.[CH3][Ge]([CH3])([CH3])[c]1ccc(-c2[c-]cccc2)nc1.[Ir]. The van der Waals surface area contributed by atoms with Crippen LogP contribution in [0, 0.1) is 17.5 Å². The summed E-state index contributed by atoms with van der Waals surface area (Å²) >= 11 is -1.72. The third-order valence-electron chi connectivity index (χ3n) is 7.97. The van der Waals surface area contributed by atoms with Crippen molar-refractivity contribution in [3.8, 4) is 33.6 Å². The number of fused-ring (bicyclic) bond motifs is 3. The molecule has 0 spiro atoms. The number of aromatic nitrogens is 2. The minimum absolute atomic E-state index is 0. The molecule has 0 aliphatic heterocycles. The van der Waals surface area contributed by atoms with Crippen LogP contribution in [-0.2, 0) is 26.5 Å². The molecule has 7 aromatic rings. The van der Waals surface area contributed by atoms with Gasteiger partial charge in [0.1, 0.15) is 5.58 Å². The molecule has 3 heterocycles. The van der Waals surface area contributed by atoms with E-state index in [0.717, 1.165) is 56.4 Å². The van der Waals surface area contributed by atoms with E-state index in [-0.39, 0.29) is 25.5 Å². The van der Waals surface area contributed by atoms with E-state index in [9.17, 15) is 0 Å². The van der Waals surface area contributed by atoms with Crippen LogP contribution in [0.15, 0.2) is 126 Å². The first kappa shape index (κ1) is 34.5. The van der Waals surface area contributed by atoms with Gasteiger partial charge in [-0.1, -0.05) is 85.8 Å². The molecule has 3 aromatic heterocycles. The van der Waals surface area contributed by atoms with Crippen LogP contribution in [0.1, 0.15) is 26.3 Å². The molecule has 0 N–H and O–H groups in total. The van der Waals surface area contributed by atoms with Crippen molar-refractivity contribution in [1.82, 2.24) is 9.97 Å². The Balaban J connectivity index is 0.000000217. The molecule has 0 saturated heterocycles. The Morgan fingerprint density at radius 2 is 1.49 bits per heavy atom. The summed E-state index contributed by atoms with van der Waals surface area (Å²) in [4.78, 5) is 9.16. The second kappa shape index (κ2) is 14.5. The third-order valence-corrected chi connectivity index (χ3v) is 12.2. The molecule has 5 heteroatoms. The predicted molar refractivity (Wildman–Crippen MR) is 196 cm³/mol. The summed E-state index contributed by atoms with van der Waals surface area (Å²) in [5.74, 6) is 7.14. The molecular formula is C42H40GeIrN2O-2. The normalized spacial score (nSPS) is 11.5. The van der Waals surface area contributed by atoms with Gasteiger partial charge in [-0.3, -0.25) is 0 Å². The molecule has 47 heavy (non-hydrogen) atoms. The van der Waals surface area contributed by atoms with Gasteiger partial charge in [-0.25, -0.2) is 0 Å². The first-order valence-corrected chi connectivity index (χ1v) is 23.2. The molecule has 0 amide bonds. The van der Waals surface area contributed by atoms with Gasteiger partial charge >= 0.3 is 99.8 Å². The Hall–Kier alpha value is -3.83. The van der Waals surface area contributed by atoms with Gasteiger partial charge in [-0.15, -0.1) is 18.2 Å². The number of furan rings is 1. The Morgan fingerprint density at radius 1 is 0.702 bits per heavy atom. The van der Waals surface area contributed by atoms with Crippen molar-refractivity contribution in [2.24, 2.45) is 5.41 Å². The number of hydrogen-bond donors (Lipinski definition) is 0. The van der Waals surface area contributed by atoms with Crippen LogP contribution in [0.25, 0.3) is 55.6 Å². The monoisotopic (exact) mass is 855 g/mol. The number of nitrogens with zero attached hydrogens (tertiary/aromatic N) is 2. The molecule has 7 rings (SSSR count). The molecule has 0 saturated carbocycles. The molecule has 4 aromatic carbocycles. The van der Waals surface area contributed by atoms with Crippen LogP contribution in [0.5, 0.6) is 0 Å². The topological polar surface area (TPSA) is 38.9 Å². The quantitative estimate of drug-likeness (QED) is 0.128. The van der Waals surface area contributed by atoms with Crippen LogP contribution < -0.4 is 4.40 Å². The Labute approximate surface area is 295 Å². The summed E-state index contributed by atoms with van der Waals surface area (Å²) in [5, 5.41) is 2.21. The summed E-state index contributed by atoms with van der Waals surface area (Å²) in [6, 6.07) is 44.0. The molecule has 0 aliphatic carbocycles. The molecule has 0 fully saturated rings. The van der Waals surface area contributed by atoms with E-state index in [2.05, 4.69) is 133 Å². The zero-order valence-electron chi connectivity index (χ0n) is 27.9. The molecule has 0 aliphatic rings. The van der Waals surface area contributed by atoms with Gasteiger partial charge in [0.25, 0.3) is 0 Å². The van der Waals surface area contributed by atoms with Gasteiger partial charge in [-0.2, -0.15) is 0 Å². The minimum atomic E-state index is -1.72. The maximum Gasteiger partial charge on any atom is 0 e. The first-order valence-electron chi connectivity index (χ1n) is 15.9. The fourth-order valence-electron chi connectivity index (χ4n) is 5.62. The van der Waals surface area contributed by atoms with E-state index in [1.54, 1.807) is 0 Å². The van der Waals surface area contributed by atoms with Crippen molar-refractivity contribution in [3.63, 3.8) is 0 Å². The Kier molecular flexibility index (Phi) is 10.7. The smallest absolute Gasteiger partial charge is 0 e. The molecule has 0 unspecified atom stereocenters. The molecule has 1 radical (unpaired) electrons. The fraction of sp³-hybridized carbons (Fsp3) is 0.190. The van der Waals surface area contributed by atoms with Crippen LogP contribution >= 0.6 is 0 Å². The van der Waals surface area contributed by atoms with Crippen molar-refractivity contribution in [1.29, 1.82) is 0 Å². The summed E-state index contributed by atoms with van der Waals surface area (Å²) in [5.41, 5.74) is 9.47. The van der Waals surface area contributed by atoms with E-state index in [0.29, 0.717) is 0 Å². The second-order valence-corrected chi connectivity index (χ2v) is 24.7. The number of hydrogen-bond acceptors (Lipinski definition) is 3. The molecular weight excluding hydrogens is 813 g/mol. The first-order chi connectivity index (χ1) is 22.0. The average Bonchev–Trinajstić information content (AvgIpc) is 3.43. The molecule has 239 valence electrons. The van der Waals surface area contributed by atoms with Crippen LogP contribution in [0.3, 0.4) is 0 Å². The zero-order valence-corrected chi connectivity index (χ0v) is 32.4. The standard InChI is InChI=1S/C28H24NO.C14H16GeN.Ir/c1-28(2,3)18-19-14-15-29-25(16-19)24-11-7-10-23-22-13-12-21(17-26(22)30-27(23)24)20-8-5-4-6-9-20;1-15(2,3)13-9-10-14(16-11-13)12-7-5-4-6-8-12;/h4-10,12-17H,18H2,1-3H3;4-7,9-11H,1-3H3;/q2*-1;. The van der Waals surface area contributed by atoms with Crippen molar-refractivity contribution in [3.05, 3.63) is 139 Å². The van der Waals surface area contributed by atoms with Gasteiger partial charge in [0, 0.05) is 31.7 Å². The van der Waals surface area contributed by atoms with Crippen molar-refractivity contribution < 1.29 is 24.5 Å². The maximum absolute atomic E-state index is 6.37. The van der Waals surface area contributed by atoms with Crippen molar-refractivity contribution >= 4 is 39.6 Å². The zero-order chi connectivity index (χ0) is 32.3. The van der Waals surface area contributed by atoms with Gasteiger partial charge in [0.2, 0.25) is 0 Å². The van der Waals surface area contributed by atoms with Gasteiger partial charge in [0.05, 0.1) is 5.58 Å². The van der Waals surface area contributed by atoms with Crippen LogP contribution in [0.2, 0.25) is 17.3 Å². The molecule has 0 atom stereocenters. The van der Waals surface area contributed by atoms with E-state index in [4.69, 9.17) is 4.42 Å². The summed E-state index contributed by atoms with van der Waals surface area (Å²) < 4.78 is 7.81. The third kappa shape index (κ3) is 8.37. The summed E-state index contributed by atoms with van der Waals surface area (Å²) in [6.07, 6.45) is 4.93. The number of rotatable bonds is 5. The number of benzene rings is 4. The van der Waals surface area contributed by atoms with E-state index in [1.165, 1.54) is 15.5 Å². The maximum atomic E-state index is 6.37. The Morgan fingerprint density at radius 3 is 2.17 bits per heavy atom. The van der Waals surface area contributed by atoms with E-state index < -0.39 is 13.3 Å². The van der Waals surface area contributed by atoms with Gasteiger partial charge < -0.3 is 9.40 Å². The van der Waals surface area contributed by atoms with Crippen LogP contribution in [0.4, 0.5) is 0 Å².